The standard InChI is InChI=1S/C20H22N4O/c1-3-9-18(10-4-1)24-15-20(21-22-24)23-13-7-8-17(14-23)16-25-19-11-5-2-6-12-19/h1-6,9-12,15,17H,7-8,13-14,16H2. The molecule has 0 bridgehead atoms. The first kappa shape index (κ1) is 15.7. The fourth-order valence-corrected chi connectivity index (χ4v) is 3.25. The lowest BCUT2D eigenvalue weighted by Gasteiger charge is -2.32. The van der Waals surface area contributed by atoms with E-state index < -0.39 is 0 Å². The molecule has 1 aliphatic heterocycles. The molecule has 0 spiro atoms. The van der Waals surface area contributed by atoms with Crippen LogP contribution in [0.2, 0.25) is 0 Å². The Balaban J connectivity index is 1.39. The third-order valence-electron chi connectivity index (χ3n) is 4.57. The highest BCUT2D eigenvalue weighted by atomic mass is 16.5. The fraction of sp³-hybridized carbons (Fsp3) is 0.300. The van der Waals surface area contributed by atoms with Gasteiger partial charge in [0.05, 0.1) is 18.5 Å². The van der Waals surface area contributed by atoms with E-state index in [1.807, 2.05) is 71.5 Å². The molecule has 3 aromatic rings. The van der Waals surface area contributed by atoms with Crippen molar-refractivity contribution >= 4 is 5.82 Å². The molecule has 25 heavy (non-hydrogen) atoms. The van der Waals surface area contributed by atoms with Gasteiger partial charge in [-0.25, -0.2) is 4.68 Å². The Morgan fingerprint density at radius 3 is 2.56 bits per heavy atom. The van der Waals surface area contributed by atoms with Crippen LogP contribution in [0.4, 0.5) is 5.82 Å². The van der Waals surface area contributed by atoms with Crippen LogP contribution in [0.15, 0.2) is 66.9 Å². The van der Waals surface area contributed by atoms with E-state index in [-0.39, 0.29) is 0 Å². The van der Waals surface area contributed by atoms with Gasteiger partial charge in [0, 0.05) is 19.0 Å². The van der Waals surface area contributed by atoms with Crippen molar-refractivity contribution in [2.75, 3.05) is 24.6 Å². The maximum absolute atomic E-state index is 5.94. The van der Waals surface area contributed by atoms with E-state index >= 15 is 0 Å². The molecule has 128 valence electrons. The monoisotopic (exact) mass is 334 g/mol. The van der Waals surface area contributed by atoms with Crippen LogP contribution in [0.1, 0.15) is 12.8 Å². The molecule has 0 N–H and O–H groups in total. The van der Waals surface area contributed by atoms with Crippen LogP contribution in [0, 0.1) is 5.92 Å². The number of hydrogen-bond donors (Lipinski definition) is 0. The highest BCUT2D eigenvalue weighted by Crippen LogP contribution is 2.23. The van der Waals surface area contributed by atoms with Crippen molar-refractivity contribution in [1.29, 1.82) is 0 Å². The average Bonchev–Trinajstić information content (AvgIpc) is 3.18. The van der Waals surface area contributed by atoms with Gasteiger partial charge in [0.2, 0.25) is 0 Å². The van der Waals surface area contributed by atoms with Crippen molar-refractivity contribution < 1.29 is 4.74 Å². The number of aromatic nitrogens is 3. The molecule has 1 aromatic heterocycles. The molecule has 1 unspecified atom stereocenters. The molecule has 0 saturated carbocycles. The van der Waals surface area contributed by atoms with Gasteiger partial charge in [-0.1, -0.05) is 41.6 Å². The zero-order valence-corrected chi connectivity index (χ0v) is 14.2. The summed E-state index contributed by atoms with van der Waals surface area (Å²) < 4.78 is 7.77. The van der Waals surface area contributed by atoms with E-state index in [0.717, 1.165) is 43.4 Å². The van der Waals surface area contributed by atoms with Crippen molar-refractivity contribution in [3.63, 3.8) is 0 Å². The Hall–Kier alpha value is -2.82. The van der Waals surface area contributed by atoms with E-state index in [4.69, 9.17) is 4.74 Å². The van der Waals surface area contributed by atoms with E-state index in [9.17, 15) is 0 Å². The van der Waals surface area contributed by atoms with Crippen LogP contribution in [0.5, 0.6) is 5.75 Å². The second kappa shape index (κ2) is 7.38. The third-order valence-corrected chi connectivity index (χ3v) is 4.57. The normalized spacial score (nSPS) is 17.4. The summed E-state index contributed by atoms with van der Waals surface area (Å²) in [6.45, 7) is 2.73. The van der Waals surface area contributed by atoms with Gasteiger partial charge in [-0.2, -0.15) is 0 Å². The summed E-state index contributed by atoms with van der Waals surface area (Å²) in [4.78, 5) is 2.31. The van der Waals surface area contributed by atoms with Gasteiger partial charge < -0.3 is 9.64 Å². The van der Waals surface area contributed by atoms with Crippen molar-refractivity contribution in [3.05, 3.63) is 66.9 Å². The molecule has 5 heteroatoms. The number of rotatable bonds is 5. The second-order valence-corrected chi connectivity index (χ2v) is 6.44. The first-order chi connectivity index (χ1) is 12.4. The minimum Gasteiger partial charge on any atom is -0.493 e. The zero-order chi connectivity index (χ0) is 16.9. The Morgan fingerprint density at radius 1 is 1.00 bits per heavy atom. The summed E-state index contributed by atoms with van der Waals surface area (Å²) in [5.41, 5.74) is 1.03. The van der Waals surface area contributed by atoms with Gasteiger partial charge in [-0.15, -0.1) is 5.10 Å². The number of hydrogen-bond acceptors (Lipinski definition) is 4. The van der Waals surface area contributed by atoms with Crippen molar-refractivity contribution in [2.24, 2.45) is 5.92 Å². The average molecular weight is 334 g/mol. The second-order valence-electron chi connectivity index (χ2n) is 6.44. The summed E-state index contributed by atoms with van der Waals surface area (Å²) in [5.74, 6) is 2.39. The number of benzene rings is 2. The fourth-order valence-electron chi connectivity index (χ4n) is 3.25. The lowest BCUT2D eigenvalue weighted by atomic mass is 9.99. The van der Waals surface area contributed by atoms with E-state index in [0.29, 0.717) is 5.92 Å². The molecule has 1 fully saturated rings. The van der Waals surface area contributed by atoms with Gasteiger partial charge in [0.1, 0.15) is 5.75 Å². The molecule has 2 aromatic carbocycles. The lowest BCUT2D eigenvalue weighted by Crippen LogP contribution is -2.38. The molecule has 0 radical (unpaired) electrons. The van der Waals surface area contributed by atoms with Gasteiger partial charge in [0.25, 0.3) is 0 Å². The molecule has 0 amide bonds. The Kier molecular flexibility index (Phi) is 4.63. The zero-order valence-electron chi connectivity index (χ0n) is 14.2. The largest absolute Gasteiger partial charge is 0.493 e. The van der Waals surface area contributed by atoms with Crippen LogP contribution < -0.4 is 9.64 Å². The maximum Gasteiger partial charge on any atom is 0.171 e. The highest BCUT2D eigenvalue weighted by Gasteiger charge is 2.22. The van der Waals surface area contributed by atoms with E-state index in [1.165, 1.54) is 6.42 Å². The maximum atomic E-state index is 5.94. The summed E-state index contributed by atoms with van der Waals surface area (Å²) in [5, 5.41) is 8.64. The van der Waals surface area contributed by atoms with E-state index in [2.05, 4.69) is 15.2 Å². The first-order valence-corrected chi connectivity index (χ1v) is 8.79. The summed E-state index contributed by atoms with van der Waals surface area (Å²) in [6, 6.07) is 20.1. The SMILES string of the molecule is c1ccc(OCC2CCCN(c3cn(-c4ccccc4)nn3)C2)cc1. The molecular weight excluding hydrogens is 312 g/mol. The smallest absolute Gasteiger partial charge is 0.171 e. The van der Waals surface area contributed by atoms with Crippen LogP contribution in [0.25, 0.3) is 5.69 Å². The summed E-state index contributed by atoms with van der Waals surface area (Å²) >= 11 is 0. The number of nitrogens with zero attached hydrogens (tertiary/aromatic N) is 4. The number of piperidine rings is 1. The van der Waals surface area contributed by atoms with Gasteiger partial charge >= 0.3 is 0 Å². The molecule has 5 nitrogen and oxygen atoms in total. The summed E-state index contributed by atoms with van der Waals surface area (Å²) in [7, 11) is 0. The predicted molar refractivity (Wildman–Crippen MR) is 98.2 cm³/mol. The Bertz CT molecular complexity index is 788. The number of para-hydroxylation sites is 2. The molecule has 1 saturated heterocycles. The minimum absolute atomic E-state index is 0.510. The predicted octanol–water partition coefficient (Wildman–Crippen LogP) is 3.56. The Labute approximate surface area is 147 Å². The van der Waals surface area contributed by atoms with Gasteiger partial charge in [0.15, 0.2) is 5.82 Å². The van der Waals surface area contributed by atoms with Gasteiger partial charge in [-0.05, 0) is 37.1 Å². The molecule has 0 aliphatic carbocycles. The Morgan fingerprint density at radius 2 is 1.76 bits per heavy atom. The van der Waals surface area contributed by atoms with E-state index in [1.54, 1.807) is 0 Å². The van der Waals surface area contributed by atoms with Crippen molar-refractivity contribution in [1.82, 2.24) is 15.0 Å². The topological polar surface area (TPSA) is 43.2 Å². The lowest BCUT2D eigenvalue weighted by molar-refractivity contribution is 0.228. The van der Waals surface area contributed by atoms with Gasteiger partial charge in [-0.3, -0.25) is 0 Å². The number of ether oxygens (including phenoxy) is 1. The molecule has 2 heterocycles. The van der Waals surface area contributed by atoms with Crippen LogP contribution in [-0.2, 0) is 0 Å². The van der Waals surface area contributed by atoms with Crippen LogP contribution in [-0.4, -0.2) is 34.7 Å². The quantitative estimate of drug-likeness (QED) is 0.715. The molecule has 1 atom stereocenters. The van der Waals surface area contributed by atoms with Crippen molar-refractivity contribution in [2.45, 2.75) is 12.8 Å². The third kappa shape index (κ3) is 3.82. The highest BCUT2D eigenvalue weighted by molar-refractivity contribution is 5.39. The molecule has 4 rings (SSSR count). The minimum atomic E-state index is 0.510. The van der Waals surface area contributed by atoms with Crippen LogP contribution in [0.3, 0.4) is 0 Å². The van der Waals surface area contributed by atoms with Crippen LogP contribution >= 0.6 is 0 Å². The first-order valence-electron chi connectivity index (χ1n) is 8.79. The molecular formula is C20H22N4O. The number of anilines is 1. The van der Waals surface area contributed by atoms with Crippen molar-refractivity contribution in [3.8, 4) is 11.4 Å². The summed E-state index contributed by atoms with van der Waals surface area (Å²) in [6.07, 6.45) is 4.35. The molecule has 1 aliphatic rings.